The zero-order chi connectivity index (χ0) is 30.6. The van der Waals surface area contributed by atoms with Crippen LogP contribution in [-0.4, -0.2) is 10.2 Å². The Morgan fingerprint density at radius 2 is 0.660 bits per heavy atom. The molecule has 0 unspecified atom stereocenters. The van der Waals surface area contributed by atoms with Crippen LogP contribution in [0.4, 0.5) is 0 Å². The number of hydrogen-bond donors (Lipinski definition) is 2. The molecule has 0 aliphatic heterocycles. The minimum atomic E-state index is -0.00760. The van der Waals surface area contributed by atoms with Crippen molar-refractivity contribution in [1.29, 1.82) is 0 Å². The van der Waals surface area contributed by atoms with Gasteiger partial charge in [-0.2, -0.15) is 0 Å². The summed E-state index contributed by atoms with van der Waals surface area (Å²) in [5, 5.41) is 20.2. The standard InChI is InChI=1S/2C21H18O.2CH3.Ti/c2*1-21(2)18-9-5-3-8-16(18)17-12-11-14(13-19(17)21)15-7-4-6-10-20(15)22;;;/h2*3-13,22H,1-2H3;2*1H3;/q;;2*-1;+2. The summed E-state index contributed by atoms with van der Waals surface area (Å²) in [7, 11) is 0. The van der Waals surface area contributed by atoms with Crippen LogP contribution in [0, 0.1) is 14.9 Å². The third-order valence-electron chi connectivity index (χ3n) is 9.60. The number of phenolic OH excluding ortho intramolecular Hbond substituents is 2. The molecule has 0 heterocycles. The van der Waals surface area contributed by atoms with Crippen LogP contribution in [0.15, 0.2) is 133 Å². The molecule has 0 fully saturated rings. The fourth-order valence-corrected chi connectivity index (χ4v) is 7.18. The van der Waals surface area contributed by atoms with Crippen molar-refractivity contribution < 1.29 is 31.9 Å². The Labute approximate surface area is 295 Å². The van der Waals surface area contributed by atoms with Crippen molar-refractivity contribution in [3.05, 3.63) is 171 Å². The minimum absolute atomic E-state index is 0. The SMILES string of the molecule is CC1(C)c2ccccc2-c2ccc(-c3ccccc3O)cc21.CC1(C)c2ccccc2-c2ccc(-c3ccccc3O)cc21.[CH3-].[CH3-].[Ti+2]. The molecule has 0 saturated heterocycles. The molecule has 0 aromatic heterocycles. The summed E-state index contributed by atoms with van der Waals surface area (Å²) >= 11 is 0. The van der Waals surface area contributed by atoms with Crippen LogP contribution < -0.4 is 0 Å². The topological polar surface area (TPSA) is 40.5 Å². The molecule has 2 aliphatic rings. The van der Waals surface area contributed by atoms with Gasteiger partial charge in [0, 0.05) is 22.0 Å². The Morgan fingerprint density at radius 3 is 1.02 bits per heavy atom. The van der Waals surface area contributed by atoms with E-state index in [0.717, 1.165) is 22.3 Å². The van der Waals surface area contributed by atoms with E-state index in [0.29, 0.717) is 11.5 Å². The van der Waals surface area contributed by atoms with Crippen molar-refractivity contribution in [2.75, 3.05) is 0 Å². The van der Waals surface area contributed by atoms with E-state index in [9.17, 15) is 10.2 Å². The molecule has 2 N–H and O–H groups in total. The van der Waals surface area contributed by atoms with E-state index in [4.69, 9.17) is 0 Å². The first kappa shape index (κ1) is 35.5. The number of aromatic hydroxyl groups is 2. The van der Waals surface area contributed by atoms with Gasteiger partial charge in [-0.25, -0.2) is 0 Å². The molecule has 0 amide bonds. The third kappa shape index (κ3) is 5.86. The first-order chi connectivity index (χ1) is 21.2. The van der Waals surface area contributed by atoms with E-state index < -0.39 is 0 Å². The number of para-hydroxylation sites is 2. The Kier molecular flexibility index (Phi) is 10.1. The third-order valence-corrected chi connectivity index (χ3v) is 9.60. The van der Waals surface area contributed by atoms with E-state index in [1.807, 2.05) is 36.4 Å². The second kappa shape index (κ2) is 13.4. The van der Waals surface area contributed by atoms with Gasteiger partial charge in [0.2, 0.25) is 0 Å². The van der Waals surface area contributed by atoms with Crippen molar-refractivity contribution in [2.24, 2.45) is 0 Å². The second-order valence-corrected chi connectivity index (χ2v) is 12.9. The first-order valence-electron chi connectivity index (χ1n) is 15.2. The van der Waals surface area contributed by atoms with E-state index in [2.05, 4.69) is 113 Å². The molecule has 8 rings (SSSR count). The molecule has 0 saturated carbocycles. The monoisotopic (exact) mass is 650 g/mol. The van der Waals surface area contributed by atoms with Crippen LogP contribution in [0.3, 0.4) is 0 Å². The van der Waals surface area contributed by atoms with Gasteiger partial charge >= 0.3 is 21.7 Å². The molecule has 2 nitrogen and oxygen atoms in total. The molecule has 234 valence electrons. The summed E-state index contributed by atoms with van der Waals surface area (Å²) in [5.74, 6) is 0.659. The molecule has 0 atom stereocenters. The Hall–Kier alpha value is -4.37. The molecule has 6 aromatic rings. The van der Waals surface area contributed by atoms with E-state index in [1.165, 1.54) is 44.5 Å². The van der Waals surface area contributed by atoms with Gasteiger partial charge < -0.3 is 25.1 Å². The molecule has 0 spiro atoms. The fourth-order valence-electron chi connectivity index (χ4n) is 7.18. The van der Waals surface area contributed by atoms with Crippen molar-refractivity contribution in [2.45, 2.75) is 38.5 Å². The summed E-state index contributed by atoms with van der Waals surface area (Å²) in [6.45, 7) is 9.08. The van der Waals surface area contributed by atoms with Crippen LogP contribution in [-0.2, 0) is 32.5 Å². The summed E-state index contributed by atoms with van der Waals surface area (Å²) < 4.78 is 0. The van der Waals surface area contributed by atoms with Crippen LogP contribution in [0.25, 0.3) is 44.5 Å². The predicted molar refractivity (Wildman–Crippen MR) is 195 cm³/mol. The molecule has 3 heteroatoms. The maximum absolute atomic E-state index is 10.1. The molecule has 6 aromatic carbocycles. The normalized spacial score (nSPS) is 13.5. The minimum Gasteiger partial charge on any atom is -0.507 e. The smallest absolute Gasteiger partial charge is 0.507 e. The molecule has 0 bridgehead atoms. The van der Waals surface area contributed by atoms with Gasteiger partial charge in [0.1, 0.15) is 11.5 Å². The van der Waals surface area contributed by atoms with Crippen LogP contribution in [0.1, 0.15) is 49.9 Å². The number of phenols is 2. The van der Waals surface area contributed by atoms with Gasteiger partial charge in [0.15, 0.2) is 0 Å². The summed E-state index contributed by atoms with van der Waals surface area (Å²) in [5.41, 5.74) is 14.6. The van der Waals surface area contributed by atoms with Crippen molar-refractivity contribution in [3.8, 4) is 56.0 Å². The molecule has 2 aliphatic carbocycles. The van der Waals surface area contributed by atoms with Gasteiger partial charge in [-0.05, 0) is 79.9 Å². The second-order valence-electron chi connectivity index (χ2n) is 12.9. The van der Waals surface area contributed by atoms with Gasteiger partial charge in [-0.15, -0.1) is 0 Å². The molecular weight excluding hydrogens is 608 g/mol. The zero-order valence-electron chi connectivity index (χ0n) is 28.1. The van der Waals surface area contributed by atoms with Crippen LogP contribution in [0.2, 0.25) is 0 Å². The molecular formula is C44H42O2Ti. The first-order valence-corrected chi connectivity index (χ1v) is 15.2. The maximum Gasteiger partial charge on any atom is 2.00 e. The quantitative estimate of drug-likeness (QED) is 0.145. The summed E-state index contributed by atoms with van der Waals surface area (Å²) in [4.78, 5) is 0. The van der Waals surface area contributed by atoms with Gasteiger partial charge in [-0.3, -0.25) is 0 Å². The Morgan fingerprint density at radius 1 is 0.362 bits per heavy atom. The van der Waals surface area contributed by atoms with Crippen molar-refractivity contribution in [3.63, 3.8) is 0 Å². The number of rotatable bonds is 2. The van der Waals surface area contributed by atoms with Gasteiger partial charge in [-0.1, -0.05) is 137 Å². The largest absolute Gasteiger partial charge is 2.00 e. The Bertz CT molecular complexity index is 1900. The summed E-state index contributed by atoms with van der Waals surface area (Å²) in [6, 6.07) is 45.3. The molecule has 0 radical (unpaired) electrons. The number of fused-ring (bicyclic) bond motifs is 6. The molecule has 47 heavy (non-hydrogen) atoms. The average Bonchev–Trinajstić information content (AvgIpc) is 3.41. The van der Waals surface area contributed by atoms with Gasteiger partial charge in [0.05, 0.1) is 0 Å². The zero-order valence-corrected chi connectivity index (χ0v) is 29.7. The van der Waals surface area contributed by atoms with Crippen molar-refractivity contribution in [1.82, 2.24) is 0 Å². The predicted octanol–water partition coefficient (Wildman–Crippen LogP) is 11.6. The van der Waals surface area contributed by atoms with Crippen LogP contribution >= 0.6 is 0 Å². The summed E-state index contributed by atoms with van der Waals surface area (Å²) in [6.07, 6.45) is 0. The van der Waals surface area contributed by atoms with E-state index in [1.54, 1.807) is 12.1 Å². The fraction of sp³-hybridized carbons (Fsp3) is 0.136. The van der Waals surface area contributed by atoms with Crippen molar-refractivity contribution >= 4 is 0 Å². The van der Waals surface area contributed by atoms with Crippen LogP contribution in [0.5, 0.6) is 11.5 Å². The number of benzene rings is 6. The van der Waals surface area contributed by atoms with Gasteiger partial charge in [0.25, 0.3) is 0 Å². The Balaban J connectivity index is 0.000000200. The maximum atomic E-state index is 10.1. The number of hydrogen-bond acceptors (Lipinski definition) is 2. The van der Waals surface area contributed by atoms with E-state index >= 15 is 0 Å². The van der Waals surface area contributed by atoms with E-state index in [-0.39, 0.29) is 47.4 Å². The average molecular weight is 651 g/mol.